The van der Waals surface area contributed by atoms with E-state index >= 15 is 0 Å². The van der Waals surface area contributed by atoms with Crippen LogP contribution in [0, 0.1) is 0 Å². The van der Waals surface area contributed by atoms with Crippen molar-refractivity contribution in [3.63, 3.8) is 0 Å². The SMILES string of the molecule is CS(=O)(=O)c1cccc(C(=O)Nc2ccnc(Cl)c2)c1. The fraction of sp³-hybridized carbons (Fsp3) is 0.0769. The summed E-state index contributed by atoms with van der Waals surface area (Å²) in [6, 6.07) is 8.91. The second-order valence-corrected chi connectivity index (χ2v) is 6.52. The van der Waals surface area contributed by atoms with Gasteiger partial charge in [-0.3, -0.25) is 4.79 Å². The van der Waals surface area contributed by atoms with Gasteiger partial charge in [0.05, 0.1) is 4.90 Å². The van der Waals surface area contributed by atoms with E-state index in [-0.39, 0.29) is 15.6 Å². The third kappa shape index (κ3) is 3.55. The Kier molecular flexibility index (Phi) is 4.06. The van der Waals surface area contributed by atoms with Crippen LogP contribution in [-0.4, -0.2) is 25.6 Å². The highest BCUT2D eigenvalue weighted by atomic mass is 35.5. The number of nitrogens with one attached hydrogen (secondary N) is 1. The smallest absolute Gasteiger partial charge is 0.255 e. The Hall–Kier alpha value is -1.92. The van der Waals surface area contributed by atoms with Gasteiger partial charge >= 0.3 is 0 Å². The van der Waals surface area contributed by atoms with Gasteiger partial charge in [0.15, 0.2) is 9.84 Å². The van der Waals surface area contributed by atoms with Crippen molar-refractivity contribution in [2.24, 2.45) is 0 Å². The van der Waals surface area contributed by atoms with Crippen molar-refractivity contribution in [2.75, 3.05) is 11.6 Å². The minimum atomic E-state index is -3.35. The molecule has 0 aliphatic heterocycles. The molecule has 7 heteroatoms. The number of halogens is 1. The van der Waals surface area contributed by atoms with E-state index in [1.807, 2.05) is 0 Å². The number of aromatic nitrogens is 1. The van der Waals surface area contributed by atoms with Crippen molar-refractivity contribution in [1.29, 1.82) is 0 Å². The molecule has 0 aliphatic carbocycles. The van der Waals surface area contributed by atoms with Crippen molar-refractivity contribution in [3.05, 3.63) is 53.3 Å². The van der Waals surface area contributed by atoms with Crippen LogP contribution in [0.3, 0.4) is 0 Å². The maximum absolute atomic E-state index is 12.0. The Morgan fingerprint density at radius 1 is 1.25 bits per heavy atom. The fourth-order valence-corrected chi connectivity index (χ4v) is 2.39. The van der Waals surface area contributed by atoms with Crippen molar-refractivity contribution >= 4 is 33.0 Å². The van der Waals surface area contributed by atoms with E-state index in [0.29, 0.717) is 5.69 Å². The van der Waals surface area contributed by atoms with Crippen molar-refractivity contribution in [3.8, 4) is 0 Å². The van der Waals surface area contributed by atoms with Gasteiger partial charge in [0.2, 0.25) is 0 Å². The molecule has 0 fully saturated rings. The molecule has 2 rings (SSSR count). The third-order valence-corrected chi connectivity index (χ3v) is 3.83. The summed E-state index contributed by atoms with van der Waals surface area (Å²) < 4.78 is 22.9. The lowest BCUT2D eigenvalue weighted by atomic mass is 10.2. The first-order chi connectivity index (χ1) is 9.36. The summed E-state index contributed by atoms with van der Waals surface area (Å²) in [6.45, 7) is 0. The topological polar surface area (TPSA) is 76.1 Å². The fourth-order valence-electron chi connectivity index (χ4n) is 1.55. The molecule has 0 aliphatic rings. The van der Waals surface area contributed by atoms with Gasteiger partial charge in [0.25, 0.3) is 5.91 Å². The van der Waals surface area contributed by atoms with Gasteiger partial charge in [0.1, 0.15) is 5.15 Å². The van der Waals surface area contributed by atoms with Gasteiger partial charge in [-0.1, -0.05) is 17.7 Å². The Balaban J connectivity index is 2.26. The van der Waals surface area contributed by atoms with E-state index in [1.165, 1.54) is 36.5 Å². The number of amides is 1. The Labute approximate surface area is 121 Å². The molecule has 0 radical (unpaired) electrons. The zero-order valence-electron chi connectivity index (χ0n) is 10.5. The van der Waals surface area contributed by atoms with Crippen LogP contribution in [0.4, 0.5) is 5.69 Å². The molecule has 20 heavy (non-hydrogen) atoms. The van der Waals surface area contributed by atoms with Crippen molar-refractivity contribution < 1.29 is 13.2 Å². The second kappa shape index (κ2) is 5.60. The summed E-state index contributed by atoms with van der Waals surface area (Å²) in [5.41, 5.74) is 0.737. The van der Waals surface area contributed by atoms with Gasteiger partial charge in [-0.2, -0.15) is 0 Å². The van der Waals surface area contributed by atoms with Crippen LogP contribution in [-0.2, 0) is 9.84 Å². The lowest BCUT2D eigenvalue weighted by molar-refractivity contribution is 0.102. The van der Waals surface area contributed by atoms with Gasteiger partial charge < -0.3 is 5.32 Å². The van der Waals surface area contributed by atoms with Crippen molar-refractivity contribution in [1.82, 2.24) is 4.98 Å². The number of nitrogens with zero attached hydrogens (tertiary/aromatic N) is 1. The normalized spacial score (nSPS) is 11.1. The van der Waals surface area contributed by atoms with E-state index in [2.05, 4.69) is 10.3 Å². The molecule has 0 saturated heterocycles. The first kappa shape index (κ1) is 14.5. The summed E-state index contributed by atoms with van der Waals surface area (Å²) >= 11 is 5.72. The highest BCUT2D eigenvalue weighted by Gasteiger charge is 2.11. The zero-order valence-corrected chi connectivity index (χ0v) is 12.1. The summed E-state index contributed by atoms with van der Waals surface area (Å²) in [6.07, 6.45) is 2.55. The predicted molar refractivity (Wildman–Crippen MR) is 76.8 cm³/mol. The molecular weight excluding hydrogens is 300 g/mol. The summed E-state index contributed by atoms with van der Waals surface area (Å²) in [4.78, 5) is 15.9. The molecular formula is C13H11ClN2O3S. The molecule has 1 heterocycles. The first-order valence-electron chi connectivity index (χ1n) is 5.59. The van der Waals surface area contributed by atoms with Gasteiger partial charge in [-0.25, -0.2) is 13.4 Å². The van der Waals surface area contributed by atoms with Crippen LogP contribution >= 0.6 is 11.6 Å². The molecule has 0 atom stereocenters. The standard InChI is InChI=1S/C13H11ClN2O3S/c1-20(18,19)11-4-2-3-9(7-11)13(17)16-10-5-6-15-12(14)8-10/h2-8H,1H3,(H,15,16,17). The largest absolute Gasteiger partial charge is 0.322 e. The summed E-state index contributed by atoms with van der Waals surface area (Å²) in [7, 11) is -3.35. The quantitative estimate of drug-likeness (QED) is 0.883. The van der Waals surface area contributed by atoms with Crippen molar-refractivity contribution in [2.45, 2.75) is 4.90 Å². The molecule has 1 aromatic carbocycles. The first-order valence-corrected chi connectivity index (χ1v) is 7.86. The van der Waals surface area contributed by atoms with E-state index < -0.39 is 15.7 Å². The molecule has 2 aromatic rings. The molecule has 104 valence electrons. The maximum atomic E-state index is 12.0. The van der Waals surface area contributed by atoms with E-state index in [4.69, 9.17) is 11.6 Å². The lowest BCUT2D eigenvalue weighted by Crippen LogP contribution is -2.12. The number of anilines is 1. The number of pyridine rings is 1. The van der Waals surface area contributed by atoms with E-state index in [9.17, 15) is 13.2 Å². The second-order valence-electron chi connectivity index (χ2n) is 4.12. The van der Waals surface area contributed by atoms with Gasteiger partial charge in [-0.15, -0.1) is 0 Å². The number of carbonyl (C=O) groups is 1. The lowest BCUT2D eigenvalue weighted by Gasteiger charge is -2.06. The molecule has 1 aromatic heterocycles. The molecule has 0 bridgehead atoms. The van der Waals surface area contributed by atoms with Crippen LogP contribution < -0.4 is 5.32 Å². The van der Waals surface area contributed by atoms with Crippen LogP contribution in [0.25, 0.3) is 0 Å². The Morgan fingerprint density at radius 2 is 2.00 bits per heavy atom. The minimum absolute atomic E-state index is 0.0953. The van der Waals surface area contributed by atoms with E-state index in [1.54, 1.807) is 6.07 Å². The number of hydrogen-bond acceptors (Lipinski definition) is 4. The average molecular weight is 311 g/mol. The van der Waals surface area contributed by atoms with Crippen LogP contribution in [0.5, 0.6) is 0 Å². The number of benzene rings is 1. The molecule has 1 N–H and O–H groups in total. The highest BCUT2D eigenvalue weighted by Crippen LogP contribution is 2.15. The highest BCUT2D eigenvalue weighted by molar-refractivity contribution is 7.90. The van der Waals surface area contributed by atoms with Gasteiger partial charge in [-0.05, 0) is 30.3 Å². The van der Waals surface area contributed by atoms with Gasteiger partial charge in [0, 0.05) is 23.7 Å². The van der Waals surface area contributed by atoms with Crippen LogP contribution in [0.1, 0.15) is 10.4 Å². The third-order valence-electron chi connectivity index (χ3n) is 2.51. The number of carbonyl (C=O) groups excluding carboxylic acids is 1. The van der Waals surface area contributed by atoms with Crippen LogP contribution in [0.15, 0.2) is 47.5 Å². The van der Waals surface area contributed by atoms with Crippen LogP contribution in [0.2, 0.25) is 5.15 Å². The zero-order chi connectivity index (χ0) is 14.8. The molecule has 5 nitrogen and oxygen atoms in total. The minimum Gasteiger partial charge on any atom is -0.322 e. The summed E-state index contributed by atoms with van der Waals surface area (Å²) in [5, 5.41) is 2.88. The molecule has 1 amide bonds. The number of sulfone groups is 1. The molecule has 0 saturated carbocycles. The maximum Gasteiger partial charge on any atom is 0.255 e. The summed E-state index contributed by atoms with van der Waals surface area (Å²) in [5.74, 6) is -0.419. The number of hydrogen-bond donors (Lipinski definition) is 1. The molecule has 0 spiro atoms. The predicted octanol–water partition coefficient (Wildman–Crippen LogP) is 2.39. The monoisotopic (exact) mass is 310 g/mol. The van der Waals surface area contributed by atoms with E-state index in [0.717, 1.165) is 6.26 Å². The molecule has 0 unspecified atom stereocenters. The average Bonchev–Trinajstić information content (AvgIpc) is 2.38. The Bertz CT molecular complexity index is 760. The Morgan fingerprint density at radius 3 is 2.65 bits per heavy atom. The number of rotatable bonds is 3.